The third kappa shape index (κ3) is 4.73. The van der Waals surface area contributed by atoms with E-state index < -0.39 is 0 Å². The van der Waals surface area contributed by atoms with Crippen LogP contribution in [0, 0.1) is 0 Å². The summed E-state index contributed by atoms with van der Waals surface area (Å²) in [4.78, 5) is 14.4. The van der Waals surface area contributed by atoms with Crippen LogP contribution >= 0.6 is 12.4 Å². The van der Waals surface area contributed by atoms with Gasteiger partial charge in [0.2, 0.25) is 0 Å². The van der Waals surface area contributed by atoms with Gasteiger partial charge in [0.25, 0.3) is 5.91 Å². The predicted molar refractivity (Wildman–Crippen MR) is 98.3 cm³/mol. The van der Waals surface area contributed by atoms with Crippen molar-refractivity contribution in [2.24, 2.45) is 0 Å². The summed E-state index contributed by atoms with van der Waals surface area (Å²) >= 11 is 0. The second-order valence-corrected chi connectivity index (χ2v) is 5.91. The molecular formula is C19H23ClN2O2. The van der Waals surface area contributed by atoms with Crippen LogP contribution in [0.25, 0.3) is 0 Å². The van der Waals surface area contributed by atoms with E-state index in [9.17, 15) is 4.79 Å². The monoisotopic (exact) mass is 346 g/mol. The fourth-order valence-electron chi connectivity index (χ4n) is 2.87. The van der Waals surface area contributed by atoms with E-state index in [-0.39, 0.29) is 24.4 Å². The van der Waals surface area contributed by atoms with Crippen molar-refractivity contribution in [3.05, 3.63) is 65.7 Å². The summed E-state index contributed by atoms with van der Waals surface area (Å²) in [6, 6.07) is 17.3. The Morgan fingerprint density at radius 1 is 1.08 bits per heavy atom. The first-order valence-corrected chi connectivity index (χ1v) is 8.03. The molecule has 0 aromatic heterocycles. The molecule has 1 aliphatic heterocycles. The van der Waals surface area contributed by atoms with Gasteiger partial charge in [-0.3, -0.25) is 4.79 Å². The van der Waals surface area contributed by atoms with Gasteiger partial charge in [-0.15, -0.1) is 12.4 Å². The molecule has 1 aliphatic rings. The minimum atomic E-state index is 0. The second kappa shape index (κ2) is 8.71. The molecule has 1 saturated heterocycles. The van der Waals surface area contributed by atoms with E-state index in [0.717, 1.165) is 25.9 Å². The van der Waals surface area contributed by atoms with Gasteiger partial charge >= 0.3 is 0 Å². The number of halogens is 1. The average Bonchev–Trinajstić information content (AvgIpc) is 2.61. The minimum absolute atomic E-state index is 0. The van der Waals surface area contributed by atoms with Crippen LogP contribution in [0.3, 0.4) is 0 Å². The van der Waals surface area contributed by atoms with Gasteiger partial charge in [-0.05, 0) is 36.6 Å². The van der Waals surface area contributed by atoms with E-state index in [2.05, 4.69) is 12.1 Å². The molecule has 2 N–H and O–H groups in total. The zero-order valence-electron chi connectivity index (χ0n) is 13.6. The van der Waals surface area contributed by atoms with Crippen molar-refractivity contribution >= 4 is 24.0 Å². The molecule has 24 heavy (non-hydrogen) atoms. The number of piperidine rings is 1. The minimum Gasteiger partial charge on any atom is -0.399 e. The Kier molecular flexibility index (Phi) is 6.64. The SMILES string of the molecule is Cl.Nc1cccc(C(=O)N2CCC(OCc3ccccc3)CC2)c1. The largest absolute Gasteiger partial charge is 0.399 e. The quantitative estimate of drug-likeness (QED) is 0.862. The summed E-state index contributed by atoms with van der Waals surface area (Å²) in [7, 11) is 0. The fraction of sp³-hybridized carbons (Fsp3) is 0.316. The summed E-state index contributed by atoms with van der Waals surface area (Å²) in [5.74, 6) is 0.0545. The number of rotatable bonds is 4. The molecule has 0 bridgehead atoms. The number of ether oxygens (including phenoxy) is 1. The number of hydrogen-bond donors (Lipinski definition) is 1. The number of nitrogens with zero attached hydrogens (tertiary/aromatic N) is 1. The lowest BCUT2D eigenvalue weighted by molar-refractivity contribution is -0.000378. The van der Waals surface area contributed by atoms with Crippen molar-refractivity contribution in [3.63, 3.8) is 0 Å². The Morgan fingerprint density at radius 2 is 1.79 bits per heavy atom. The summed E-state index contributed by atoms with van der Waals surface area (Å²) < 4.78 is 5.96. The van der Waals surface area contributed by atoms with E-state index in [0.29, 0.717) is 17.9 Å². The molecule has 2 aromatic carbocycles. The van der Waals surface area contributed by atoms with Crippen LogP contribution in [0.1, 0.15) is 28.8 Å². The molecule has 0 radical (unpaired) electrons. The number of nitrogens with two attached hydrogens (primary N) is 1. The molecule has 2 aromatic rings. The zero-order valence-corrected chi connectivity index (χ0v) is 14.4. The van der Waals surface area contributed by atoms with Gasteiger partial charge in [0.05, 0.1) is 12.7 Å². The van der Waals surface area contributed by atoms with Crippen LogP contribution in [0.4, 0.5) is 5.69 Å². The maximum Gasteiger partial charge on any atom is 0.253 e. The van der Waals surface area contributed by atoms with E-state index in [1.807, 2.05) is 35.2 Å². The molecule has 0 aliphatic carbocycles. The van der Waals surface area contributed by atoms with E-state index in [4.69, 9.17) is 10.5 Å². The van der Waals surface area contributed by atoms with Crippen molar-refractivity contribution in [1.29, 1.82) is 0 Å². The first-order chi connectivity index (χ1) is 11.2. The maximum absolute atomic E-state index is 12.5. The molecule has 4 nitrogen and oxygen atoms in total. The topological polar surface area (TPSA) is 55.6 Å². The first kappa shape index (κ1) is 18.3. The van der Waals surface area contributed by atoms with Gasteiger partial charge in [0.1, 0.15) is 0 Å². The zero-order chi connectivity index (χ0) is 16.1. The number of likely N-dealkylation sites (tertiary alicyclic amines) is 1. The first-order valence-electron chi connectivity index (χ1n) is 8.03. The number of amides is 1. The highest BCUT2D eigenvalue weighted by molar-refractivity contribution is 5.95. The summed E-state index contributed by atoms with van der Waals surface area (Å²) in [5, 5.41) is 0. The highest BCUT2D eigenvalue weighted by Crippen LogP contribution is 2.18. The molecule has 5 heteroatoms. The molecule has 128 valence electrons. The lowest BCUT2D eigenvalue weighted by Gasteiger charge is -2.32. The lowest BCUT2D eigenvalue weighted by atomic mass is 10.1. The summed E-state index contributed by atoms with van der Waals surface area (Å²) in [5.41, 5.74) is 8.22. The Hall–Kier alpha value is -2.04. The number of nitrogen functional groups attached to an aromatic ring is 1. The van der Waals surface area contributed by atoms with Gasteiger partial charge < -0.3 is 15.4 Å². The molecule has 1 fully saturated rings. The molecule has 1 heterocycles. The number of carbonyl (C=O) groups excluding carboxylic acids is 1. The van der Waals surface area contributed by atoms with E-state index >= 15 is 0 Å². The van der Waals surface area contributed by atoms with Crippen molar-refractivity contribution in [1.82, 2.24) is 4.90 Å². The van der Waals surface area contributed by atoms with E-state index in [1.54, 1.807) is 12.1 Å². The maximum atomic E-state index is 12.5. The Morgan fingerprint density at radius 3 is 2.46 bits per heavy atom. The molecule has 0 unspecified atom stereocenters. The van der Waals surface area contributed by atoms with Crippen LogP contribution in [0.5, 0.6) is 0 Å². The van der Waals surface area contributed by atoms with Gasteiger partial charge in [0, 0.05) is 24.3 Å². The Balaban J connectivity index is 0.00000208. The Labute approximate surface area is 149 Å². The third-order valence-electron chi connectivity index (χ3n) is 4.19. The average molecular weight is 347 g/mol. The molecule has 0 atom stereocenters. The molecule has 3 rings (SSSR count). The van der Waals surface area contributed by atoms with Crippen molar-refractivity contribution in [3.8, 4) is 0 Å². The lowest BCUT2D eigenvalue weighted by Crippen LogP contribution is -2.40. The number of anilines is 1. The number of hydrogen-bond acceptors (Lipinski definition) is 3. The highest BCUT2D eigenvalue weighted by atomic mass is 35.5. The van der Waals surface area contributed by atoms with Gasteiger partial charge in [-0.25, -0.2) is 0 Å². The van der Waals surface area contributed by atoms with Crippen LogP contribution in [-0.4, -0.2) is 30.0 Å². The van der Waals surface area contributed by atoms with Crippen LogP contribution in [0.2, 0.25) is 0 Å². The molecular weight excluding hydrogens is 324 g/mol. The smallest absolute Gasteiger partial charge is 0.253 e. The van der Waals surface area contributed by atoms with Gasteiger partial charge in [-0.2, -0.15) is 0 Å². The Bertz CT molecular complexity index is 655. The van der Waals surface area contributed by atoms with Crippen LogP contribution in [-0.2, 0) is 11.3 Å². The standard InChI is InChI=1S/C19H22N2O2.ClH/c20-17-8-4-7-16(13-17)19(22)21-11-9-18(10-12-21)23-14-15-5-2-1-3-6-15;/h1-8,13,18H,9-12,14,20H2;1H. The van der Waals surface area contributed by atoms with Crippen molar-refractivity contribution in [2.75, 3.05) is 18.8 Å². The van der Waals surface area contributed by atoms with Crippen molar-refractivity contribution < 1.29 is 9.53 Å². The second-order valence-electron chi connectivity index (χ2n) is 5.91. The molecule has 1 amide bonds. The number of carbonyl (C=O) groups is 1. The van der Waals surface area contributed by atoms with Crippen LogP contribution in [0.15, 0.2) is 54.6 Å². The molecule has 0 spiro atoms. The fourth-order valence-corrected chi connectivity index (χ4v) is 2.87. The highest BCUT2D eigenvalue weighted by Gasteiger charge is 2.24. The molecule has 0 saturated carbocycles. The summed E-state index contributed by atoms with van der Waals surface area (Å²) in [6.07, 6.45) is 1.97. The third-order valence-corrected chi connectivity index (χ3v) is 4.19. The van der Waals surface area contributed by atoms with Gasteiger partial charge in [-0.1, -0.05) is 36.4 Å². The van der Waals surface area contributed by atoms with Crippen molar-refractivity contribution in [2.45, 2.75) is 25.6 Å². The van der Waals surface area contributed by atoms with Crippen LogP contribution < -0.4 is 5.73 Å². The predicted octanol–water partition coefficient (Wildman–Crippen LogP) is 3.51. The van der Waals surface area contributed by atoms with E-state index in [1.165, 1.54) is 5.56 Å². The number of benzene rings is 2. The normalized spacial score (nSPS) is 14.9. The van der Waals surface area contributed by atoms with Gasteiger partial charge in [0.15, 0.2) is 0 Å². The summed E-state index contributed by atoms with van der Waals surface area (Å²) in [6.45, 7) is 2.09.